The Morgan fingerprint density at radius 1 is 1.25 bits per heavy atom. The number of rotatable bonds is 4. The van der Waals surface area contributed by atoms with Gasteiger partial charge in [0.05, 0.1) is 10.0 Å². The van der Waals surface area contributed by atoms with Crippen molar-refractivity contribution < 1.29 is 8.42 Å². The number of aryl methyl sites for hydroxylation is 1. The number of hydrogen-bond acceptors (Lipinski definition) is 5. The number of halogens is 1. The van der Waals surface area contributed by atoms with Gasteiger partial charge in [0.25, 0.3) is 10.0 Å². The number of nitrogens with one attached hydrogen (secondary N) is 1. The molecule has 3 aromatic rings. The molecule has 0 atom stereocenters. The first-order chi connectivity index (χ1) is 11.5. The molecular formula is C15H12ClN3O2S3. The number of nitrogens with zero attached hydrogens (tertiary/aromatic N) is 2. The number of anilines is 1. The van der Waals surface area contributed by atoms with E-state index in [1.165, 1.54) is 6.07 Å². The number of hydrogen-bond donors (Lipinski definition) is 1. The lowest BCUT2D eigenvalue weighted by molar-refractivity contribution is 0.603. The molecule has 0 radical (unpaired) electrons. The molecule has 1 N–H and O–H groups in total. The maximum absolute atomic E-state index is 12.4. The van der Waals surface area contributed by atoms with E-state index in [2.05, 4.69) is 14.3 Å². The highest BCUT2D eigenvalue weighted by molar-refractivity contribution is 7.99. The van der Waals surface area contributed by atoms with Gasteiger partial charge in [-0.2, -0.15) is 0 Å². The van der Waals surface area contributed by atoms with Crippen molar-refractivity contribution in [2.45, 2.75) is 15.9 Å². The first kappa shape index (κ1) is 16.0. The molecule has 3 heterocycles. The summed E-state index contributed by atoms with van der Waals surface area (Å²) in [5.41, 5.74) is 2.22. The third-order valence-electron chi connectivity index (χ3n) is 3.53. The van der Waals surface area contributed by atoms with E-state index in [4.69, 9.17) is 11.6 Å². The minimum atomic E-state index is -3.63. The molecule has 4 rings (SSSR count). The van der Waals surface area contributed by atoms with Gasteiger partial charge < -0.3 is 4.57 Å². The number of thiophene rings is 1. The van der Waals surface area contributed by atoms with Crippen LogP contribution in [-0.2, 0) is 16.6 Å². The summed E-state index contributed by atoms with van der Waals surface area (Å²) >= 11 is 8.58. The largest absolute Gasteiger partial charge is 0.325 e. The topological polar surface area (TPSA) is 64.0 Å². The van der Waals surface area contributed by atoms with Gasteiger partial charge in [0.1, 0.15) is 4.21 Å². The summed E-state index contributed by atoms with van der Waals surface area (Å²) in [6.45, 7) is 0.957. The molecule has 9 heteroatoms. The molecular weight excluding hydrogens is 386 g/mol. The van der Waals surface area contributed by atoms with Crippen LogP contribution in [0, 0.1) is 0 Å². The average molecular weight is 398 g/mol. The Balaban J connectivity index is 1.63. The molecule has 0 fully saturated rings. The zero-order valence-electron chi connectivity index (χ0n) is 12.3. The summed E-state index contributed by atoms with van der Waals surface area (Å²) in [6, 6.07) is 10.3. The van der Waals surface area contributed by atoms with Crippen LogP contribution in [0.15, 0.2) is 52.0 Å². The molecule has 24 heavy (non-hydrogen) atoms. The highest BCUT2D eigenvalue weighted by atomic mass is 35.5. The normalized spacial score (nSPS) is 13.9. The van der Waals surface area contributed by atoms with Gasteiger partial charge in [-0.05, 0) is 24.3 Å². The monoisotopic (exact) mass is 397 g/mol. The fraction of sp³-hybridized carbons (Fsp3) is 0.133. The smallest absolute Gasteiger partial charge is 0.271 e. The van der Waals surface area contributed by atoms with Crippen molar-refractivity contribution >= 4 is 50.4 Å². The molecule has 124 valence electrons. The van der Waals surface area contributed by atoms with E-state index in [9.17, 15) is 8.42 Å². The molecule has 0 saturated heterocycles. The van der Waals surface area contributed by atoms with Gasteiger partial charge in [-0.1, -0.05) is 35.5 Å². The SMILES string of the molecule is O=S(=O)(Nc1cccc(-c2cn3c(n2)SCC3)c1)c1ccc(Cl)s1. The van der Waals surface area contributed by atoms with E-state index in [1.807, 2.05) is 18.3 Å². The predicted molar refractivity (Wildman–Crippen MR) is 98.5 cm³/mol. The molecule has 0 spiro atoms. The van der Waals surface area contributed by atoms with Crippen LogP contribution < -0.4 is 4.72 Å². The molecule has 0 saturated carbocycles. The minimum Gasteiger partial charge on any atom is -0.325 e. The third kappa shape index (κ3) is 3.06. The van der Waals surface area contributed by atoms with E-state index in [0.29, 0.717) is 10.0 Å². The molecule has 1 aliphatic rings. The Morgan fingerprint density at radius 2 is 2.12 bits per heavy atom. The van der Waals surface area contributed by atoms with Crippen molar-refractivity contribution in [3.63, 3.8) is 0 Å². The number of fused-ring (bicyclic) bond motifs is 1. The maximum atomic E-state index is 12.4. The summed E-state index contributed by atoms with van der Waals surface area (Å²) in [5, 5.41) is 1.00. The van der Waals surface area contributed by atoms with Crippen molar-refractivity contribution in [3.05, 3.63) is 46.9 Å². The van der Waals surface area contributed by atoms with Crippen LogP contribution in [0.25, 0.3) is 11.3 Å². The van der Waals surface area contributed by atoms with Crippen molar-refractivity contribution in [3.8, 4) is 11.3 Å². The Kier molecular flexibility index (Phi) is 4.07. The van der Waals surface area contributed by atoms with Gasteiger partial charge in [-0.25, -0.2) is 13.4 Å². The molecule has 0 unspecified atom stereocenters. The highest BCUT2D eigenvalue weighted by Gasteiger charge is 2.18. The van der Waals surface area contributed by atoms with E-state index in [1.54, 1.807) is 30.0 Å². The van der Waals surface area contributed by atoms with Crippen LogP contribution in [0.3, 0.4) is 0 Å². The summed E-state index contributed by atoms with van der Waals surface area (Å²) in [7, 11) is -3.63. The van der Waals surface area contributed by atoms with Crippen LogP contribution in [0.5, 0.6) is 0 Å². The molecule has 2 aromatic heterocycles. The summed E-state index contributed by atoms with van der Waals surface area (Å²) in [4.78, 5) is 4.59. The number of benzene rings is 1. The second-order valence-electron chi connectivity index (χ2n) is 5.20. The fourth-order valence-electron chi connectivity index (χ4n) is 2.44. The van der Waals surface area contributed by atoms with Crippen molar-refractivity contribution in [2.75, 3.05) is 10.5 Å². The van der Waals surface area contributed by atoms with Gasteiger partial charge in [-0.3, -0.25) is 4.72 Å². The number of thioether (sulfide) groups is 1. The van der Waals surface area contributed by atoms with Crippen LogP contribution in [0.1, 0.15) is 0 Å². The second-order valence-corrected chi connectivity index (χ2v) is 9.88. The van der Waals surface area contributed by atoms with Gasteiger partial charge >= 0.3 is 0 Å². The lowest BCUT2D eigenvalue weighted by Gasteiger charge is -2.07. The first-order valence-corrected chi connectivity index (χ1v) is 10.8. The van der Waals surface area contributed by atoms with Gasteiger partial charge in [0, 0.05) is 29.7 Å². The fourth-order valence-corrected chi connectivity index (χ4v) is 5.91. The van der Waals surface area contributed by atoms with E-state index in [-0.39, 0.29) is 4.21 Å². The molecule has 1 aromatic carbocycles. The standard InChI is InChI=1S/C15H12ClN3O2S3/c16-13-4-5-14(23-13)24(20,21)18-11-3-1-2-10(8-11)12-9-19-6-7-22-15(19)17-12/h1-5,8-9,18H,6-7H2. The Labute approximate surface area is 152 Å². The molecule has 0 aliphatic carbocycles. The summed E-state index contributed by atoms with van der Waals surface area (Å²) in [6.07, 6.45) is 2.00. The third-order valence-corrected chi connectivity index (χ3v) is 7.60. The van der Waals surface area contributed by atoms with E-state index >= 15 is 0 Å². The molecule has 0 bridgehead atoms. The highest BCUT2D eigenvalue weighted by Crippen LogP contribution is 2.31. The number of aromatic nitrogens is 2. The zero-order valence-corrected chi connectivity index (χ0v) is 15.5. The predicted octanol–water partition coefficient (Wildman–Crippen LogP) is 4.17. The Hall–Kier alpha value is -1.48. The maximum Gasteiger partial charge on any atom is 0.271 e. The van der Waals surface area contributed by atoms with Crippen molar-refractivity contribution in [1.29, 1.82) is 0 Å². The zero-order chi connectivity index (χ0) is 16.7. The lowest BCUT2D eigenvalue weighted by atomic mass is 10.1. The van der Waals surface area contributed by atoms with Crippen LogP contribution in [0.4, 0.5) is 5.69 Å². The van der Waals surface area contributed by atoms with Crippen molar-refractivity contribution in [2.24, 2.45) is 0 Å². The van der Waals surface area contributed by atoms with E-state index in [0.717, 1.165) is 40.0 Å². The van der Waals surface area contributed by atoms with Crippen LogP contribution in [-0.4, -0.2) is 23.7 Å². The summed E-state index contributed by atoms with van der Waals surface area (Å²) < 4.78 is 30.1. The van der Waals surface area contributed by atoms with Crippen molar-refractivity contribution in [1.82, 2.24) is 9.55 Å². The number of sulfonamides is 1. The quantitative estimate of drug-likeness (QED) is 0.717. The molecule has 5 nitrogen and oxygen atoms in total. The minimum absolute atomic E-state index is 0.190. The Bertz CT molecular complexity index is 989. The van der Waals surface area contributed by atoms with E-state index < -0.39 is 10.0 Å². The van der Waals surface area contributed by atoms with Gasteiger partial charge in [0.15, 0.2) is 5.16 Å². The lowest BCUT2D eigenvalue weighted by Crippen LogP contribution is -2.11. The number of imidazole rings is 1. The second kappa shape index (κ2) is 6.11. The average Bonchev–Trinajstić information content (AvgIpc) is 3.22. The molecule has 0 amide bonds. The van der Waals surface area contributed by atoms with Crippen LogP contribution >= 0.6 is 34.7 Å². The van der Waals surface area contributed by atoms with Gasteiger partial charge in [0.2, 0.25) is 0 Å². The van der Waals surface area contributed by atoms with Gasteiger partial charge in [-0.15, -0.1) is 11.3 Å². The Morgan fingerprint density at radius 3 is 2.88 bits per heavy atom. The summed E-state index contributed by atoms with van der Waals surface area (Å²) in [5.74, 6) is 1.05. The van der Waals surface area contributed by atoms with Crippen LogP contribution in [0.2, 0.25) is 4.34 Å². The molecule has 1 aliphatic heterocycles. The first-order valence-electron chi connectivity index (χ1n) is 7.10.